The molecular weight excluding hydrogens is 248 g/mol. The summed E-state index contributed by atoms with van der Waals surface area (Å²) in [6.45, 7) is 6.69. The molecular formula is C14H21ClN2O. The van der Waals surface area contributed by atoms with Crippen LogP contribution in [0.3, 0.4) is 0 Å². The van der Waals surface area contributed by atoms with E-state index in [9.17, 15) is 4.79 Å². The van der Waals surface area contributed by atoms with E-state index in [0.717, 1.165) is 17.7 Å². The predicted octanol–water partition coefficient (Wildman–Crippen LogP) is 3.37. The second-order valence-corrected chi connectivity index (χ2v) is 4.95. The highest BCUT2D eigenvalue weighted by atomic mass is 35.5. The summed E-state index contributed by atoms with van der Waals surface area (Å²) in [7, 11) is 0. The molecule has 0 aliphatic heterocycles. The van der Waals surface area contributed by atoms with E-state index >= 15 is 0 Å². The largest absolute Gasteiger partial charge is 0.384 e. The molecule has 0 aliphatic carbocycles. The van der Waals surface area contributed by atoms with E-state index in [-0.39, 0.29) is 11.9 Å². The second kappa shape index (κ2) is 7.27. The molecule has 1 amide bonds. The Morgan fingerprint density at radius 3 is 2.83 bits per heavy atom. The molecule has 1 aromatic carbocycles. The summed E-state index contributed by atoms with van der Waals surface area (Å²) in [5.74, 6) is 0.0801. The molecule has 100 valence electrons. The van der Waals surface area contributed by atoms with Crippen LogP contribution in [-0.2, 0) is 4.79 Å². The van der Waals surface area contributed by atoms with E-state index in [1.807, 2.05) is 32.0 Å². The first-order valence-electron chi connectivity index (χ1n) is 6.32. The van der Waals surface area contributed by atoms with Gasteiger partial charge in [-0.2, -0.15) is 0 Å². The minimum Gasteiger partial charge on any atom is -0.384 e. The van der Waals surface area contributed by atoms with E-state index in [4.69, 9.17) is 11.6 Å². The van der Waals surface area contributed by atoms with Gasteiger partial charge >= 0.3 is 0 Å². The molecule has 3 nitrogen and oxygen atoms in total. The standard InChI is InChI=1S/C14H21ClN2O/c1-4-11(3)17-14(18)7-8-16-13-9-12(15)6-5-10(13)2/h5-6,9,11,16H,4,7-8H2,1-3H3,(H,17,18). The van der Waals surface area contributed by atoms with Gasteiger partial charge in [0.1, 0.15) is 0 Å². The second-order valence-electron chi connectivity index (χ2n) is 4.51. The van der Waals surface area contributed by atoms with E-state index in [0.29, 0.717) is 18.0 Å². The smallest absolute Gasteiger partial charge is 0.221 e. The van der Waals surface area contributed by atoms with Crippen LogP contribution in [0.25, 0.3) is 0 Å². The van der Waals surface area contributed by atoms with E-state index in [1.165, 1.54) is 0 Å². The molecule has 0 aliphatic rings. The van der Waals surface area contributed by atoms with Gasteiger partial charge in [-0.25, -0.2) is 0 Å². The Kier molecular flexibility index (Phi) is 5.99. The zero-order valence-electron chi connectivity index (χ0n) is 11.2. The molecule has 1 rings (SSSR count). The van der Waals surface area contributed by atoms with Crippen molar-refractivity contribution in [3.8, 4) is 0 Å². The van der Waals surface area contributed by atoms with Crippen molar-refractivity contribution < 1.29 is 4.79 Å². The molecule has 1 aromatic rings. The van der Waals surface area contributed by atoms with Crippen LogP contribution in [0.4, 0.5) is 5.69 Å². The van der Waals surface area contributed by atoms with E-state index in [2.05, 4.69) is 17.6 Å². The minimum absolute atomic E-state index is 0.0801. The van der Waals surface area contributed by atoms with Crippen LogP contribution in [0.15, 0.2) is 18.2 Å². The summed E-state index contributed by atoms with van der Waals surface area (Å²) in [4.78, 5) is 11.6. The molecule has 0 saturated heterocycles. The lowest BCUT2D eigenvalue weighted by Gasteiger charge is -2.13. The van der Waals surface area contributed by atoms with Gasteiger partial charge in [0.25, 0.3) is 0 Å². The third-order valence-electron chi connectivity index (χ3n) is 2.89. The number of anilines is 1. The van der Waals surface area contributed by atoms with Crippen molar-refractivity contribution in [2.45, 2.75) is 39.7 Å². The van der Waals surface area contributed by atoms with Crippen molar-refractivity contribution in [3.05, 3.63) is 28.8 Å². The zero-order chi connectivity index (χ0) is 13.5. The molecule has 1 unspecified atom stereocenters. The fraction of sp³-hybridized carbons (Fsp3) is 0.500. The highest BCUT2D eigenvalue weighted by molar-refractivity contribution is 6.30. The number of nitrogens with one attached hydrogen (secondary N) is 2. The quantitative estimate of drug-likeness (QED) is 0.831. The van der Waals surface area contributed by atoms with Crippen molar-refractivity contribution >= 4 is 23.2 Å². The van der Waals surface area contributed by atoms with Crippen LogP contribution in [-0.4, -0.2) is 18.5 Å². The molecule has 0 saturated carbocycles. The summed E-state index contributed by atoms with van der Waals surface area (Å²) in [5, 5.41) is 6.87. The predicted molar refractivity (Wildman–Crippen MR) is 77.2 cm³/mol. The Morgan fingerprint density at radius 1 is 1.44 bits per heavy atom. The number of hydrogen-bond donors (Lipinski definition) is 2. The average molecular weight is 269 g/mol. The van der Waals surface area contributed by atoms with Crippen molar-refractivity contribution in [1.82, 2.24) is 5.32 Å². The first-order chi connectivity index (χ1) is 8.52. The molecule has 4 heteroatoms. The Hall–Kier alpha value is -1.22. The summed E-state index contributed by atoms with van der Waals surface area (Å²) in [6.07, 6.45) is 1.42. The number of carbonyl (C=O) groups is 1. The number of aryl methyl sites for hydroxylation is 1. The molecule has 0 radical (unpaired) electrons. The number of amides is 1. The third-order valence-corrected chi connectivity index (χ3v) is 3.12. The molecule has 2 N–H and O–H groups in total. The van der Waals surface area contributed by atoms with Crippen molar-refractivity contribution in [1.29, 1.82) is 0 Å². The number of benzene rings is 1. The third kappa shape index (κ3) is 4.96. The monoisotopic (exact) mass is 268 g/mol. The number of hydrogen-bond acceptors (Lipinski definition) is 2. The molecule has 0 fully saturated rings. The number of rotatable bonds is 6. The first kappa shape index (κ1) is 14.8. The molecule has 0 spiro atoms. The van der Waals surface area contributed by atoms with Gasteiger partial charge in [0.05, 0.1) is 0 Å². The van der Waals surface area contributed by atoms with Crippen LogP contribution in [0.5, 0.6) is 0 Å². The van der Waals surface area contributed by atoms with Crippen LogP contribution in [0.1, 0.15) is 32.3 Å². The van der Waals surface area contributed by atoms with Gasteiger partial charge in [0.2, 0.25) is 5.91 Å². The highest BCUT2D eigenvalue weighted by Crippen LogP contribution is 2.19. The van der Waals surface area contributed by atoms with Crippen molar-refractivity contribution in [2.24, 2.45) is 0 Å². The van der Waals surface area contributed by atoms with E-state index < -0.39 is 0 Å². The maximum absolute atomic E-state index is 11.6. The van der Waals surface area contributed by atoms with Crippen LogP contribution in [0.2, 0.25) is 5.02 Å². The molecule has 0 bridgehead atoms. The summed E-state index contributed by atoms with van der Waals surface area (Å²) < 4.78 is 0. The maximum Gasteiger partial charge on any atom is 0.221 e. The van der Waals surface area contributed by atoms with Gasteiger partial charge in [0, 0.05) is 29.7 Å². The lowest BCUT2D eigenvalue weighted by Crippen LogP contribution is -2.32. The van der Waals surface area contributed by atoms with Crippen LogP contribution >= 0.6 is 11.6 Å². The normalized spacial score (nSPS) is 12.0. The highest BCUT2D eigenvalue weighted by Gasteiger charge is 2.05. The van der Waals surface area contributed by atoms with Gasteiger partial charge in [-0.15, -0.1) is 0 Å². The molecule has 18 heavy (non-hydrogen) atoms. The first-order valence-corrected chi connectivity index (χ1v) is 6.70. The van der Waals surface area contributed by atoms with Gasteiger partial charge < -0.3 is 10.6 Å². The van der Waals surface area contributed by atoms with Crippen molar-refractivity contribution in [2.75, 3.05) is 11.9 Å². The van der Waals surface area contributed by atoms with Gasteiger partial charge in [-0.05, 0) is 38.0 Å². The molecule has 1 atom stereocenters. The lowest BCUT2D eigenvalue weighted by molar-refractivity contribution is -0.121. The average Bonchev–Trinajstić information content (AvgIpc) is 2.33. The summed E-state index contributed by atoms with van der Waals surface area (Å²) >= 11 is 5.93. The lowest BCUT2D eigenvalue weighted by atomic mass is 10.2. The number of carbonyl (C=O) groups excluding carboxylic acids is 1. The Labute approximate surface area is 114 Å². The fourth-order valence-corrected chi connectivity index (χ4v) is 1.72. The van der Waals surface area contributed by atoms with Gasteiger partial charge in [-0.1, -0.05) is 24.6 Å². The Balaban J connectivity index is 2.37. The van der Waals surface area contributed by atoms with Gasteiger partial charge in [0.15, 0.2) is 0 Å². The zero-order valence-corrected chi connectivity index (χ0v) is 12.0. The van der Waals surface area contributed by atoms with Gasteiger partial charge in [-0.3, -0.25) is 4.79 Å². The maximum atomic E-state index is 11.6. The number of halogens is 1. The van der Waals surface area contributed by atoms with Crippen LogP contribution in [0, 0.1) is 6.92 Å². The Morgan fingerprint density at radius 2 is 2.17 bits per heavy atom. The minimum atomic E-state index is 0.0801. The topological polar surface area (TPSA) is 41.1 Å². The molecule has 0 heterocycles. The fourth-order valence-electron chi connectivity index (χ4n) is 1.54. The SMILES string of the molecule is CCC(C)NC(=O)CCNc1cc(Cl)ccc1C. The van der Waals surface area contributed by atoms with E-state index in [1.54, 1.807) is 0 Å². The molecule has 0 aromatic heterocycles. The summed E-state index contributed by atoms with van der Waals surface area (Å²) in [5.41, 5.74) is 2.11. The van der Waals surface area contributed by atoms with Crippen LogP contribution < -0.4 is 10.6 Å². The Bertz CT molecular complexity index is 407. The summed E-state index contributed by atoms with van der Waals surface area (Å²) in [6, 6.07) is 5.94. The van der Waals surface area contributed by atoms with Crippen molar-refractivity contribution in [3.63, 3.8) is 0 Å².